The lowest BCUT2D eigenvalue weighted by Crippen LogP contribution is -2.41. The van der Waals surface area contributed by atoms with Gasteiger partial charge in [0.2, 0.25) is 5.91 Å². The Morgan fingerprint density at radius 3 is 2.69 bits per heavy atom. The van der Waals surface area contributed by atoms with Gasteiger partial charge in [0.1, 0.15) is 11.6 Å². The Labute approximate surface area is 150 Å². The Balaban J connectivity index is 1.45. The van der Waals surface area contributed by atoms with E-state index < -0.39 is 11.6 Å². The molecule has 0 spiro atoms. The molecule has 26 heavy (non-hydrogen) atoms. The van der Waals surface area contributed by atoms with Crippen LogP contribution in [0, 0.1) is 11.6 Å². The highest BCUT2D eigenvalue weighted by molar-refractivity contribution is 5.76. The molecule has 1 amide bonds. The topological polar surface area (TPSA) is 67.6 Å². The summed E-state index contributed by atoms with van der Waals surface area (Å²) in [5, 5.41) is 2.85. The van der Waals surface area contributed by atoms with Crippen LogP contribution >= 0.6 is 0 Å². The summed E-state index contributed by atoms with van der Waals surface area (Å²) in [6.45, 7) is 4.55. The third kappa shape index (κ3) is 4.86. The highest BCUT2D eigenvalue weighted by Crippen LogP contribution is 2.26. The van der Waals surface area contributed by atoms with Crippen molar-refractivity contribution in [1.29, 1.82) is 0 Å². The van der Waals surface area contributed by atoms with Gasteiger partial charge < -0.3 is 14.5 Å². The van der Waals surface area contributed by atoms with Gasteiger partial charge in [-0.15, -0.1) is 0 Å². The van der Waals surface area contributed by atoms with Crippen LogP contribution in [0.25, 0.3) is 11.3 Å². The molecule has 140 valence electrons. The number of halogens is 2. The molecule has 1 saturated heterocycles. The van der Waals surface area contributed by atoms with Crippen molar-refractivity contribution in [3.63, 3.8) is 0 Å². The van der Waals surface area contributed by atoms with Gasteiger partial charge in [-0.05, 0) is 12.1 Å². The van der Waals surface area contributed by atoms with Crippen LogP contribution in [-0.2, 0) is 16.0 Å². The summed E-state index contributed by atoms with van der Waals surface area (Å²) in [5.41, 5.74) is -0.249. The van der Waals surface area contributed by atoms with Crippen LogP contribution in [0.3, 0.4) is 0 Å². The number of carbonyl (C=O) groups is 1. The molecule has 1 N–H and O–H groups in total. The van der Waals surface area contributed by atoms with Crippen molar-refractivity contribution in [2.75, 3.05) is 39.4 Å². The van der Waals surface area contributed by atoms with E-state index >= 15 is 0 Å². The standard InChI is InChI=1S/C18H21F2N3O3/c19-13-2-1-3-14(20)18(13)15-12-22-17(26-15)5-4-16(24)21-6-7-23-8-10-25-11-9-23/h1-3,12H,4-11H2,(H,21,24). The first-order valence-electron chi connectivity index (χ1n) is 8.59. The number of amides is 1. The maximum atomic E-state index is 13.7. The summed E-state index contributed by atoms with van der Waals surface area (Å²) in [4.78, 5) is 18.1. The number of hydrogen-bond donors (Lipinski definition) is 1. The molecule has 8 heteroatoms. The zero-order chi connectivity index (χ0) is 18.4. The largest absolute Gasteiger partial charge is 0.441 e. The fraction of sp³-hybridized carbons (Fsp3) is 0.444. The minimum absolute atomic E-state index is 0.0170. The molecule has 1 fully saturated rings. The molecule has 1 aromatic carbocycles. The highest BCUT2D eigenvalue weighted by Gasteiger charge is 2.16. The minimum Gasteiger partial charge on any atom is -0.441 e. The second kappa shape index (κ2) is 8.86. The normalized spacial score (nSPS) is 15.2. The van der Waals surface area contributed by atoms with Crippen molar-refractivity contribution in [3.05, 3.63) is 41.9 Å². The van der Waals surface area contributed by atoms with Gasteiger partial charge in [0.25, 0.3) is 0 Å². The van der Waals surface area contributed by atoms with Gasteiger partial charge in [-0.3, -0.25) is 9.69 Å². The maximum absolute atomic E-state index is 13.7. The Morgan fingerprint density at radius 1 is 1.23 bits per heavy atom. The molecule has 0 aliphatic carbocycles. The van der Waals surface area contributed by atoms with E-state index in [-0.39, 0.29) is 36.0 Å². The first-order valence-corrected chi connectivity index (χ1v) is 8.59. The molecule has 1 aliphatic rings. The summed E-state index contributed by atoms with van der Waals surface area (Å²) < 4.78 is 38.2. The maximum Gasteiger partial charge on any atom is 0.220 e. The van der Waals surface area contributed by atoms with Gasteiger partial charge in [-0.25, -0.2) is 13.8 Å². The summed E-state index contributed by atoms with van der Waals surface area (Å²) in [6, 6.07) is 3.59. The van der Waals surface area contributed by atoms with Crippen molar-refractivity contribution < 1.29 is 22.7 Å². The number of rotatable bonds is 7. The number of benzene rings is 1. The molecule has 2 heterocycles. The van der Waals surface area contributed by atoms with E-state index in [0.717, 1.165) is 45.0 Å². The van der Waals surface area contributed by atoms with E-state index in [1.54, 1.807) is 0 Å². The number of morpholine rings is 1. The monoisotopic (exact) mass is 365 g/mol. The van der Waals surface area contributed by atoms with E-state index in [1.807, 2.05) is 0 Å². The summed E-state index contributed by atoms with van der Waals surface area (Å²) in [6.07, 6.45) is 1.73. The van der Waals surface area contributed by atoms with Gasteiger partial charge in [-0.1, -0.05) is 6.07 Å². The summed E-state index contributed by atoms with van der Waals surface area (Å²) >= 11 is 0. The summed E-state index contributed by atoms with van der Waals surface area (Å²) in [5.74, 6) is -1.26. The number of oxazole rings is 1. The zero-order valence-corrected chi connectivity index (χ0v) is 14.3. The lowest BCUT2D eigenvalue weighted by molar-refractivity contribution is -0.121. The zero-order valence-electron chi connectivity index (χ0n) is 14.3. The fourth-order valence-electron chi connectivity index (χ4n) is 2.76. The van der Waals surface area contributed by atoms with Crippen molar-refractivity contribution in [1.82, 2.24) is 15.2 Å². The molecule has 6 nitrogen and oxygen atoms in total. The number of nitrogens with one attached hydrogen (secondary N) is 1. The summed E-state index contributed by atoms with van der Waals surface area (Å²) in [7, 11) is 0. The molecular formula is C18H21F2N3O3. The average molecular weight is 365 g/mol. The van der Waals surface area contributed by atoms with Crippen LogP contribution in [-0.4, -0.2) is 55.2 Å². The van der Waals surface area contributed by atoms with Crippen LogP contribution < -0.4 is 5.32 Å². The van der Waals surface area contributed by atoms with Crippen molar-refractivity contribution >= 4 is 5.91 Å². The van der Waals surface area contributed by atoms with Gasteiger partial charge in [0, 0.05) is 39.0 Å². The lowest BCUT2D eigenvalue weighted by atomic mass is 10.1. The van der Waals surface area contributed by atoms with Crippen LogP contribution in [0.5, 0.6) is 0 Å². The van der Waals surface area contributed by atoms with E-state index in [0.29, 0.717) is 6.54 Å². The number of aryl methyl sites for hydroxylation is 1. The molecule has 1 aliphatic heterocycles. The number of aromatic nitrogens is 1. The van der Waals surface area contributed by atoms with E-state index in [2.05, 4.69) is 15.2 Å². The average Bonchev–Trinajstić information content (AvgIpc) is 3.09. The quantitative estimate of drug-likeness (QED) is 0.813. The second-order valence-corrected chi connectivity index (χ2v) is 6.02. The first-order chi connectivity index (χ1) is 12.6. The van der Waals surface area contributed by atoms with E-state index in [4.69, 9.17) is 9.15 Å². The van der Waals surface area contributed by atoms with Gasteiger partial charge in [0.05, 0.1) is 25.0 Å². The van der Waals surface area contributed by atoms with Crippen LogP contribution in [0.15, 0.2) is 28.8 Å². The number of hydrogen-bond acceptors (Lipinski definition) is 5. The first kappa shape index (κ1) is 18.5. The molecule has 0 bridgehead atoms. The molecule has 0 unspecified atom stereocenters. The molecular weight excluding hydrogens is 344 g/mol. The van der Waals surface area contributed by atoms with E-state index in [9.17, 15) is 13.6 Å². The predicted molar refractivity (Wildman–Crippen MR) is 90.4 cm³/mol. The van der Waals surface area contributed by atoms with Gasteiger partial charge in [0.15, 0.2) is 11.7 Å². The highest BCUT2D eigenvalue weighted by atomic mass is 19.1. The molecule has 0 saturated carbocycles. The SMILES string of the molecule is O=C(CCc1ncc(-c2c(F)cccc2F)o1)NCCN1CCOCC1. The van der Waals surface area contributed by atoms with Crippen molar-refractivity contribution in [2.45, 2.75) is 12.8 Å². The second-order valence-electron chi connectivity index (χ2n) is 6.02. The van der Waals surface area contributed by atoms with Gasteiger partial charge >= 0.3 is 0 Å². The number of nitrogens with zero attached hydrogens (tertiary/aromatic N) is 2. The molecule has 1 aromatic heterocycles. The van der Waals surface area contributed by atoms with Gasteiger partial charge in [-0.2, -0.15) is 0 Å². The third-order valence-electron chi connectivity index (χ3n) is 4.18. The Morgan fingerprint density at radius 2 is 1.96 bits per heavy atom. The Bertz CT molecular complexity index is 725. The van der Waals surface area contributed by atoms with Crippen molar-refractivity contribution in [3.8, 4) is 11.3 Å². The van der Waals surface area contributed by atoms with E-state index in [1.165, 1.54) is 12.3 Å². The molecule has 0 atom stereocenters. The Kier molecular flexibility index (Phi) is 6.30. The predicted octanol–water partition coefficient (Wildman–Crippen LogP) is 2.00. The van der Waals surface area contributed by atoms with Crippen LogP contribution in [0.1, 0.15) is 12.3 Å². The fourth-order valence-corrected chi connectivity index (χ4v) is 2.76. The lowest BCUT2D eigenvalue weighted by Gasteiger charge is -2.26. The number of carbonyl (C=O) groups excluding carboxylic acids is 1. The third-order valence-corrected chi connectivity index (χ3v) is 4.18. The smallest absolute Gasteiger partial charge is 0.220 e. The Hall–Kier alpha value is -2.32. The minimum atomic E-state index is -0.714. The molecule has 3 rings (SSSR count). The van der Waals surface area contributed by atoms with Crippen LogP contribution in [0.4, 0.5) is 8.78 Å². The van der Waals surface area contributed by atoms with Crippen LogP contribution in [0.2, 0.25) is 0 Å². The number of ether oxygens (including phenoxy) is 1. The molecule has 2 aromatic rings. The van der Waals surface area contributed by atoms with Crippen molar-refractivity contribution in [2.24, 2.45) is 0 Å². The molecule has 0 radical (unpaired) electrons.